The van der Waals surface area contributed by atoms with Crippen LogP contribution in [0.2, 0.25) is 0 Å². The number of halogens is 1. The third kappa shape index (κ3) is 5.73. The maximum Gasteiger partial charge on any atom is 0.315 e. The number of hydrogen-bond acceptors (Lipinski definition) is 2. The Bertz CT molecular complexity index is 565. The zero-order chi connectivity index (χ0) is 18.2. The molecule has 0 radical (unpaired) electrons. The number of hydrogen-bond donors (Lipinski definition) is 2. The van der Waals surface area contributed by atoms with Crippen molar-refractivity contribution in [3.05, 3.63) is 35.6 Å². The smallest absolute Gasteiger partial charge is 0.315 e. The van der Waals surface area contributed by atoms with Gasteiger partial charge in [-0.1, -0.05) is 26.0 Å². The van der Waals surface area contributed by atoms with Gasteiger partial charge in [0.15, 0.2) is 0 Å². The van der Waals surface area contributed by atoms with Crippen molar-refractivity contribution in [2.45, 2.75) is 52.1 Å². The minimum atomic E-state index is -0.289. The second-order valence-electron chi connectivity index (χ2n) is 6.57. The molecule has 1 heterocycles. The summed E-state index contributed by atoms with van der Waals surface area (Å²) >= 11 is 0. The highest BCUT2D eigenvalue weighted by Gasteiger charge is 2.27. The van der Waals surface area contributed by atoms with Crippen LogP contribution >= 0.6 is 0 Å². The van der Waals surface area contributed by atoms with Gasteiger partial charge in [0.2, 0.25) is 5.91 Å². The number of nitrogens with zero attached hydrogens (tertiary/aromatic N) is 1. The van der Waals surface area contributed by atoms with Crippen LogP contribution in [-0.4, -0.2) is 36.0 Å². The number of carbonyl (C=O) groups is 2. The number of nitrogens with one attached hydrogen (secondary N) is 2. The van der Waals surface area contributed by atoms with Gasteiger partial charge in [-0.15, -0.1) is 0 Å². The largest absolute Gasteiger partial charge is 0.342 e. The fourth-order valence-corrected chi connectivity index (χ4v) is 3.16. The van der Waals surface area contributed by atoms with E-state index in [0.29, 0.717) is 19.6 Å². The summed E-state index contributed by atoms with van der Waals surface area (Å²) in [4.78, 5) is 26.3. The first kappa shape index (κ1) is 19.2. The summed E-state index contributed by atoms with van der Waals surface area (Å²) in [6.07, 6.45) is 3.30. The van der Waals surface area contributed by atoms with Gasteiger partial charge in [0, 0.05) is 31.6 Å². The summed E-state index contributed by atoms with van der Waals surface area (Å²) in [7, 11) is 0. The molecule has 138 valence electrons. The van der Waals surface area contributed by atoms with Crippen molar-refractivity contribution in [3.63, 3.8) is 0 Å². The first-order valence-corrected chi connectivity index (χ1v) is 9.11. The summed E-state index contributed by atoms with van der Waals surface area (Å²) in [5.74, 6) is 0.0654. The van der Waals surface area contributed by atoms with Crippen LogP contribution in [0.4, 0.5) is 9.18 Å². The molecule has 6 heteroatoms. The third-order valence-electron chi connectivity index (χ3n) is 4.84. The van der Waals surface area contributed by atoms with E-state index in [1.54, 1.807) is 12.1 Å². The van der Waals surface area contributed by atoms with Crippen LogP contribution in [0.1, 0.15) is 45.1 Å². The fraction of sp³-hybridized carbons (Fsp3) is 0.579. The molecule has 5 nitrogen and oxygen atoms in total. The van der Waals surface area contributed by atoms with Crippen molar-refractivity contribution >= 4 is 11.9 Å². The first-order chi connectivity index (χ1) is 12.0. The van der Waals surface area contributed by atoms with Gasteiger partial charge in [-0.05, 0) is 43.4 Å². The molecule has 1 saturated heterocycles. The van der Waals surface area contributed by atoms with E-state index in [-0.39, 0.29) is 29.7 Å². The van der Waals surface area contributed by atoms with Crippen molar-refractivity contribution in [3.8, 4) is 0 Å². The summed E-state index contributed by atoms with van der Waals surface area (Å²) in [6, 6.07) is 5.91. The Morgan fingerprint density at radius 2 is 1.76 bits per heavy atom. The molecule has 0 unspecified atom stereocenters. The van der Waals surface area contributed by atoms with Gasteiger partial charge in [0.25, 0.3) is 0 Å². The molecule has 0 bridgehead atoms. The quantitative estimate of drug-likeness (QED) is 0.829. The highest BCUT2D eigenvalue weighted by atomic mass is 19.1. The van der Waals surface area contributed by atoms with E-state index in [0.717, 1.165) is 31.2 Å². The van der Waals surface area contributed by atoms with E-state index in [4.69, 9.17) is 0 Å². The van der Waals surface area contributed by atoms with Gasteiger partial charge < -0.3 is 15.5 Å². The van der Waals surface area contributed by atoms with Crippen LogP contribution in [0.15, 0.2) is 24.3 Å². The summed E-state index contributed by atoms with van der Waals surface area (Å²) in [5.41, 5.74) is 0.849. The highest BCUT2D eigenvalue weighted by molar-refractivity contribution is 5.79. The van der Waals surface area contributed by atoms with Gasteiger partial charge in [-0.25, -0.2) is 9.18 Å². The molecule has 0 atom stereocenters. The molecule has 1 aliphatic heterocycles. The predicted octanol–water partition coefficient (Wildman–Crippen LogP) is 3.05. The minimum absolute atomic E-state index is 0.0824. The normalized spacial score (nSPS) is 15.3. The Labute approximate surface area is 149 Å². The Hall–Kier alpha value is -2.11. The molecule has 1 aliphatic rings. The number of amides is 3. The second kappa shape index (κ2) is 9.39. The average molecular weight is 349 g/mol. The SMILES string of the molecule is CCC(CC)C(=O)N1CCC(NC(=O)NCc2ccc(F)cc2)CC1. The van der Waals surface area contributed by atoms with Gasteiger partial charge in [-0.2, -0.15) is 0 Å². The van der Waals surface area contributed by atoms with E-state index < -0.39 is 0 Å². The Balaban J connectivity index is 1.71. The van der Waals surface area contributed by atoms with E-state index in [1.807, 2.05) is 18.7 Å². The van der Waals surface area contributed by atoms with Crippen LogP contribution in [-0.2, 0) is 11.3 Å². The topological polar surface area (TPSA) is 61.4 Å². The Morgan fingerprint density at radius 3 is 2.32 bits per heavy atom. The predicted molar refractivity (Wildman–Crippen MR) is 95.4 cm³/mol. The van der Waals surface area contributed by atoms with Gasteiger partial charge in [0.05, 0.1) is 0 Å². The molecule has 0 spiro atoms. The Morgan fingerprint density at radius 1 is 1.16 bits per heavy atom. The molecular weight excluding hydrogens is 321 g/mol. The fourth-order valence-electron chi connectivity index (χ4n) is 3.16. The van der Waals surface area contributed by atoms with Crippen LogP contribution in [0.25, 0.3) is 0 Å². The number of benzene rings is 1. The van der Waals surface area contributed by atoms with E-state index in [9.17, 15) is 14.0 Å². The van der Waals surface area contributed by atoms with Crippen molar-refractivity contribution in [1.29, 1.82) is 0 Å². The minimum Gasteiger partial charge on any atom is -0.342 e. The molecule has 1 aromatic carbocycles. The maximum atomic E-state index is 12.9. The maximum absolute atomic E-state index is 12.9. The molecule has 2 N–H and O–H groups in total. The lowest BCUT2D eigenvalue weighted by molar-refractivity contribution is -0.136. The molecule has 0 saturated carbocycles. The van der Waals surface area contributed by atoms with Crippen molar-refractivity contribution in [1.82, 2.24) is 15.5 Å². The van der Waals surface area contributed by atoms with Crippen molar-refractivity contribution < 1.29 is 14.0 Å². The van der Waals surface area contributed by atoms with Gasteiger partial charge in [-0.3, -0.25) is 4.79 Å². The summed E-state index contributed by atoms with van der Waals surface area (Å²) in [6.45, 7) is 5.84. The van der Waals surface area contributed by atoms with E-state index >= 15 is 0 Å². The van der Waals surface area contributed by atoms with E-state index in [2.05, 4.69) is 10.6 Å². The molecular formula is C19H28FN3O2. The standard InChI is InChI=1S/C19H28FN3O2/c1-3-15(4-2)18(24)23-11-9-17(10-12-23)22-19(25)21-13-14-5-7-16(20)8-6-14/h5-8,15,17H,3-4,9-13H2,1-2H3,(H2,21,22,25). The zero-order valence-corrected chi connectivity index (χ0v) is 15.1. The first-order valence-electron chi connectivity index (χ1n) is 9.11. The monoisotopic (exact) mass is 349 g/mol. The highest BCUT2D eigenvalue weighted by Crippen LogP contribution is 2.17. The van der Waals surface area contributed by atoms with Crippen LogP contribution in [0.3, 0.4) is 0 Å². The molecule has 25 heavy (non-hydrogen) atoms. The van der Waals surface area contributed by atoms with Crippen LogP contribution in [0, 0.1) is 11.7 Å². The van der Waals surface area contributed by atoms with Crippen molar-refractivity contribution in [2.24, 2.45) is 5.92 Å². The molecule has 1 aromatic rings. The van der Waals surface area contributed by atoms with Gasteiger partial charge >= 0.3 is 6.03 Å². The van der Waals surface area contributed by atoms with Crippen molar-refractivity contribution in [2.75, 3.05) is 13.1 Å². The number of rotatable bonds is 6. The molecule has 3 amide bonds. The van der Waals surface area contributed by atoms with Crippen LogP contribution in [0.5, 0.6) is 0 Å². The molecule has 0 aromatic heterocycles. The lowest BCUT2D eigenvalue weighted by Crippen LogP contribution is -2.50. The van der Waals surface area contributed by atoms with Gasteiger partial charge in [0.1, 0.15) is 5.82 Å². The summed E-state index contributed by atoms with van der Waals surface area (Å²) < 4.78 is 12.9. The summed E-state index contributed by atoms with van der Waals surface area (Å²) in [5, 5.41) is 5.74. The average Bonchev–Trinajstić information content (AvgIpc) is 2.63. The number of piperidine rings is 1. The van der Waals surface area contributed by atoms with E-state index in [1.165, 1.54) is 12.1 Å². The molecule has 1 fully saturated rings. The Kier molecular flexibility index (Phi) is 7.22. The lowest BCUT2D eigenvalue weighted by Gasteiger charge is -2.34. The number of urea groups is 1. The number of likely N-dealkylation sites (tertiary alicyclic amines) is 1. The second-order valence-corrected chi connectivity index (χ2v) is 6.57. The third-order valence-corrected chi connectivity index (χ3v) is 4.84. The zero-order valence-electron chi connectivity index (χ0n) is 15.1. The number of carbonyl (C=O) groups excluding carboxylic acids is 2. The lowest BCUT2D eigenvalue weighted by atomic mass is 9.98. The molecule has 2 rings (SSSR count). The van der Waals surface area contributed by atoms with Crippen LogP contribution < -0.4 is 10.6 Å². The molecule has 0 aliphatic carbocycles.